The highest BCUT2D eigenvalue weighted by molar-refractivity contribution is 7.86. The quantitative estimate of drug-likeness (QED) is 0.165. The van der Waals surface area contributed by atoms with Crippen LogP contribution in [0.15, 0.2) is 63.2 Å². The lowest BCUT2D eigenvalue weighted by Gasteiger charge is -2.22. The van der Waals surface area contributed by atoms with Crippen molar-refractivity contribution in [1.29, 1.82) is 0 Å². The Morgan fingerprint density at radius 3 is 2.23 bits per heavy atom. The first-order chi connectivity index (χ1) is 18.2. The highest BCUT2D eigenvalue weighted by atomic mass is 35.5. The second-order valence-corrected chi connectivity index (χ2v) is 11.9. The molecule has 1 aromatic heterocycles. The fourth-order valence-corrected chi connectivity index (χ4v) is 5.31. The molecule has 3 aromatic carbocycles. The minimum atomic E-state index is -4.82. The Morgan fingerprint density at radius 1 is 1.00 bits per heavy atom. The molecule has 4 rings (SSSR count). The standard InChI is InChI=1S/C21H18ClN5O9S3/c1-2-27(12-4-3-5-13(8-12)37(29)30)21-25-19(22)24-20(26-21)23-16-9-14(38(31,32)33)6-11-7-15(39(34,35)36)10-17(28)18(11)16/h3-10,28H,2H2,1H3,(H,29,30)(H,31,32,33)(H,34,35,36)(H,23,24,25,26)/p-1. The second kappa shape index (κ2) is 10.6. The molecule has 18 heteroatoms. The van der Waals surface area contributed by atoms with Crippen LogP contribution in [0.25, 0.3) is 10.8 Å². The fourth-order valence-electron chi connectivity index (χ4n) is 3.67. The third-order valence-corrected chi connectivity index (χ3v) is 7.76. The zero-order valence-corrected chi connectivity index (χ0v) is 22.7. The summed E-state index contributed by atoms with van der Waals surface area (Å²) in [4.78, 5) is 12.4. The van der Waals surface area contributed by atoms with Gasteiger partial charge in [0.15, 0.2) is 0 Å². The predicted molar refractivity (Wildman–Crippen MR) is 140 cm³/mol. The number of phenols is 1. The van der Waals surface area contributed by atoms with Gasteiger partial charge in [0.25, 0.3) is 20.2 Å². The maximum atomic E-state index is 11.9. The maximum absolute atomic E-state index is 11.9. The van der Waals surface area contributed by atoms with Gasteiger partial charge in [0.2, 0.25) is 17.2 Å². The second-order valence-electron chi connectivity index (χ2n) is 7.79. The first-order valence-electron chi connectivity index (χ1n) is 10.6. The summed E-state index contributed by atoms with van der Waals surface area (Å²) < 4.78 is 88.8. The van der Waals surface area contributed by atoms with E-state index in [0.717, 1.165) is 24.3 Å². The first kappa shape index (κ1) is 28.6. The molecule has 1 atom stereocenters. The third-order valence-electron chi connectivity index (χ3n) is 5.29. The van der Waals surface area contributed by atoms with Crippen LogP contribution in [0.3, 0.4) is 0 Å². The van der Waals surface area contributed by atoms with Crippen molar-refractivity contribution >= 4 is 77.0 Å². The molecule has 0 saturated heterocycles. The van der Waals surface area contributed by atoms with E-state index in [1.165, 1.54) is 23.1 Å². The lowest BCUT2D eigenvalue weighted by atomic mass is 10.1. The summed E-state index contributed by atoms with van der Waals surface area (Å²) in [5.41, 5.74) is 0.223. The third kappa shape index (κ3) is 6.25. The number of fused-ring (bicyclic) bond motifs is 1. The van der Waals surface area contributed by atoms with Gasteiger partial charge in [-0.1, -0.05) is 6.07 Å². The van der Waals surface area contributed by atoms with E-state index in [1.807, 2.05) is 0 Å². The normalized spacial score (nSPS) is 12.8. The summed E-state index contributed by atoms with van der Waals surface area (Å²) in [7, 11) is -9.60. The lowest BCUT2D eigenvalue weighted by molar-refractivity contribution is 0.471. The molecule has 0 amide bonds. The molecule has 0 fully saturated rings. The predicted octanol–water partition coefficient (Wildman–Crippen LogP) is 3.02. The van der Waals surface area contributed by atoms with Crippen LogP contribution in [0.5, 0.6) is 5.75 Å². The summed E-state index contributed by atoms with van der Waals surface area (Å²) in [5.74, 6) is -0.941. The van der Waals surface area contributed by atoms with Crippen molar-refractivity contribution in [1.82, 2.24) is 15.0 Å². The van der Waals surface area contributed by atoms with Crippen LogP contribution < -0.4 is 10.2 Å². The number of nitrogens with zero attached hydrogens (tertiary/aromatic N) is 4. The molecular formula is C21H17ClN5O9S3-. The molecule has 39 heavy (non-hydrogen) atoms. The zero-order chi connectivity index (χ0) is 28.7. The highest BCUT2D eigenvalue weighted by Gasteiger charge is 2.21. The molecule has 0 aliphatic heterocycles. The Balaban J connectivity index is 1.87. The summed E-state index contributed by atoms with van der Waals surface area (Å²) in [5, 5.41) is 12.6. The number of nitrogens with one attached hydrogen (secondary N) is 1. The van der Waals surface area contributed by atoms with Crippen LogP contribution in [0.4, 0.5) is 23.3 Å². The largest absolute Gasteiger partial charge is 0.768 e. The number of aromatic hydroxyl groups is 1. The fraction of sp³-hybridized carbons (Fsp3) is 0.0952. The van der Waals surface area contributed by atoms with Gasteiger partial charge < -0.3 is 19.9 Å². The number of hydrogen-bond acceptors (Lipinski definition) is 12. The lowest BCUT2D eigenvalue weighted by Crippen LogP contribution is -2.20. The van der Waals surface area contributed by atoms with Crippen molar-refractivity contribution in [2.24, 2.45) is 0 Å². The van der Waals surface area contributed by atoms with E-state index in [1.54, 1.807) is 13.0 Å². The van der Waals surface area contributed by atoms with Gasteiger partial charge in [-0.05, 0) is 71.4 Å². The Morgan fingerprint density at radius 2 is 1.64 bits per heavy atom. The van der Waals surface area contributed by atoms with Gasteiger partial charge in [0.05, 0.1) is 15.5 Å². The van der Waals surface area contributed by atoms with Crippen molar-refractivity contribution in [3.05, 3.63) is 53.8 Å². The van der Waals surface area contributed by atoms with Gasteiger partial charge in [0, 0.05) is 28.6 Å². The smallest absolute Gasteiger partial charge is 0.294 e. The van der Waals surface area contributed by atoms with Crippen LogP contribution >= 0.6 is 11.6 Å². The highest BCUT2D eigenvalue weighted by Crippen LogP contribution is 2.38. The van der Waals surface area contributed by atoms with Crippen LogP contribution in [-0.2, 0) is 31.3 Å². The van der Waals surface area contributed by atoms with Crippen LogP contribution in [-0.4, -0.2) is 61.3 Å². The van der Waals surface area contributed by atoms with E-state index < -0.39 is 46.9 Å². The van der Waals surface area contributed by atoms with Crippen LogP contribution in [0.2, 0.25) is 5.28 Å². The average Bonchev–Trinajstić information content (AvgIpc) is 2.83. The Kier molecular flexibility index (Phi) is 7.77. The molecule has 1 heterocycles. The topological polar surface area (TPSA) is 223 Å². The summed E-state index contributed by atoms with van der Waals surface area (Å²) in [6.07, 6.45) is 0. The Hall–Kier alpha value is -3.45. The van der Waals surface area contributed by atoms with Crippen molar-refractivity contribution in [3.63, 3.8) is 0 Å². The number of rotatable bonds is 8. The molecule has 1 unspecified atom stereocenters. The SMILES string of the molecule is CCN(c1cccc(S(=O)[O-])c1)c1nc(Cl)nc(Nc2cc(S(=O)(=O)O)cc3cc(S(=O)(=O)O)cc(O)c23)n1. The van der Waals surface area contributed by atoms with Gasteiger partial charge in [-0.3, -0.25) is 13.3 Å². The average molecular weight is 615 g/mol. The summed E-state index contributed by atoms with van der Waals surface area (Å²) in [6, 6.07) is 9.36. The molecule has 4 aromatic rings. The van der Waals surface area contributed by atoms with E-state index in [9.17, 15) is 39.8 Å². The van der Waals surface area contributed by atoms with Crippen molar-refractivity contribution in [3.8, 4) is 5.75 Å². The van der Waals surface area contributed by atoms with E-state index in [4.69, 9.17) is 11.6 Å². The number of anilines is 4. The molecule has 4 N–H and O–H groups in total. The number of halogens is 1. The zero-order valence-electron chi connectivity index (χ0n) is 19.5. The number of phenolic OH excluding ortho intramolecular Hbond substituents is 1. The monoisotopic (exact) mass is 614 g/mol. The maximum Gasteiger partial charge on any atom is 0.294 e. The number of hydrogen-bond donors (Lipinski definition) is 4. The van der Waals surface area contributed by atoms with Gasteiger partial charge >= 0.3 is 0 Å². The minimum absolute atomic E-state index is 0.0117. The summed E-state index contributed by atoms with van der Waals surface area (Å²) in [6.45, 7) is 1.99. The molecule has 0 aliphatic carbocycles. The minimum Gasteiger partial charge on any atom is -0.768 e. The number of benzene rings is 3. The van der Waals surface area contributed by atoms with Gasteiger partial charge in [-0.25, -0.2) is 0 Å². The summed E-state index contributed by atoms with van der Waals surface area (Å²) >= 11 is 3.61. The molecule has 0 aliphatic rings. The number of aromatic nitrogens is 3. The molecule has 206 valence electrons. The van der Waals surface area contributed by atoms with Gasteiger partial charge in [-0.2, -0.15) is 31.8 Å². The molecule has 0 spiro atoms. The van der Waals surface area contributed by atoms with Gasteiger partial charge in [-0.15, -0.1) is 0 Å². The molecule has 0 bridgehead atoms. The van der Waals surface area contributed by atoms with Crippen molar-refractivity contribution in [2.45, 2.75) is 21.6 Å². The van der Waals surface area contributed by atoms with E-state index in [0.29, 0.717) is 5.69 Å². The van der Waals surface area contributed by atoms with Crippen molar-refractivity contribution in [2.75, 3.05) is 16.8 Å². The molecule has 0 radical (unpaired) electrons. The van der Waals surface area contributed by atoms with Crippen LogP contribution in [0.1, 0.15) is 6.92 Å². The molecular weight excluding hydrogens is 598 g/mol. The van der Waals surface area contributed by atoms with E-state index in [2.05, 4.69) is 20.3 Å². The van der Waals surface area contributed by atoms with Crippen molar-refractivity contribution < 1.29 is 39.8 Å². The first-order valence-corrected chi connectivity index (χ1v) is 14.9. The molecule has 14 nitrogen and oxygen atoms in total. The van der Waals surface area contributed by atoms with Crippen LogP contribution in [0, 0.1) is 0 Å². The molecule has 0 saturated carbocycles. The van der Waals surface area contributed by atoms with E-state index >= 15 is 0 Å². The van der Waals surface area contributed by atoms with E-state index in [-0.39, 0.29) is 45.1 Å². The Bertz CT molecular complexity index is 1850. The Labute approximate surface area is 229 Å². The van der Waals surface area contributed by atoms with Gasteiger partial charge in [0.1, 0.15) is 5.75 Å².